The van der Waals surface area contributed by atoms with Crippen molar-refractivity contribution in [3.8, 4) is 5.75 Å². The molecule has 160 valence electrons. The van der Waals surface area contributed by atoms with E-state index in [4.69, 9.17) is 4.74 Å². The van der Waals surface area contributed by atoms with Gasteiger partial charge >= 0.3 is 0 Å². The molecule has 2 aromatic carbocycles. The molecule has 0 unspecified atom stereocenters. The van der Waals surface area contributed by atoms with Gasteiger partial charge in [-0.1, -0.05) is 24.3 Å². The lowest BCUT2D eigenvalue weighted by molar-refractivity contribution is 0.357. The molecule has 0 bridgehead atoms. The topological polar surface area (TPSA) is 63.5 Å². The number of guanidine groups is 1. The van der Waals surface area contributed by atoms with Gasteiger partial charge in [-0.05, 0) is 49.1 Å². The van der Waals surface area contributed by atoms with E-state index in [0.717, 1.165) is 68.6 Å². The Bertz CT molecular complexity index is 1010. The number of aromatic nitrogens is 2. The van der Waals surface area contributed by atoms with Gasteiger partial charge < -0.3 is 19.9 Å². The van der Waals surface area contributed by atoms with Crippen molar-refractivity contribution in [2.75, 3.05) is 26.7 Å². The summed E-state index contributed by atoms with van der Waals surface area (Å²) in [7, 11) is 1.82. The Labute approximate surface area is 195 Å². The molecule has 3 aromatic rings. The first-order chi connectivity index (χ1) is 14.2. The molecule has 2 heterocycles. The third-order valence-electron chi connectivity index (χ3n) is 5.38. The summed E-state index contributed by atoms with van der Waals surface area (Å²) < 4.78 is 7.86. The van der Waals surface area contributed by atoms with Crippen LogP contribution in [0, 0.1) is 6.92 Å². The van der Waals surface area contributed by atoms with Crippen LogP contribution in [-0.2, 0) is 19.4 Å². The second-order valence-electron chi connectivity index (χ2n) is 7.37. The average Bonchev–Trinajstić information content (AvgIpc) is 3.33. The molecular weight excluding hydrogens is 489 g/mol. The van der Waals surface area contributed by atoms with Gasteiger partial charge in [-0.3, -0.25) is 4.99 Å². The number of aliphatic imine (C=N–C) groups is 1. The van der Waals surface area contributed by atoms with Gasteiger partial charge in [0.15, 0.2) is 5.96 Å². The first kappa shape index (κ1) is 22.4. The highest BCUT2D eigenvalue weighted by Gasteiger charge is 2.12. The number of hydrogen-bond acceptors (Lipinski definition) is 3. The first-order valence-electron chi connectivity index (χ1n) is 10.4. The summed E-state index contributed by atoms with van der Waals surface area (Å²) >= 11 is 0. The number of nitrogens with one attached hydrogen (secondary N) is 2. The molecule has 2 N–H and O–H groups in total. The Morgan fingerprint density at radius 2 is 2.00 bits per heavy atom. The van der Waals surface area contributed by atoms with Crippen LogP contribution in [0.25, 0.3) is 11.0 Å². The Balaban J connectivity index is 0.00000256. The number of ether oxygens (including phenoxy) is 1. The Kier molecular flexibility index (Phi) is 7.95. The van der Waals surface area contributed by atoms with Crippen LogP contribution >= 0.6 is 24.0 Å². The van der Waals surface area contributed by atoms with E-state index < -0.39 is 0 Å². The number of hydrogen-bond donors (Lipinski definition) is 2. The Morgan fingerprint density at radius 1 is 1.17 bits per heavy atom. The molecule has 7 heteroatoms. The maximum Gasteiger partial charge on any atom is 0.190 e. The van der Waals surface area contributed by atoms with E-state index >= 15 is 0 Å². The fraction of sp³-hybridized carbons (Fsp3) is 0.391. The minimum Gasteiger partial charge on any atom is -0.493 e. The SMILES string of the molecule is CN=C(NCCCn1c(C)nc2ccccc21)NCCc1ccc2c(c1)CCO2.I. The van der Waals surface area contributed by atoms with Crippen molar-refractivity contribution in [2.24, 2.45) is 4.99 Å². The minimum atomic E-state index is 0. The number of para-hydroxylation sites is 2. The van der Waals surface area contributed by atoms with E-state index in [0.29, 0.717) is 0 Å². The van der Waals surface area contributed by atoms with Crippen LogP contribution in [0.2, 0.25) is 0 Å². The zero-order valence-corrected chi connectivity index (χ0v) is 20.0. The van der Waals surface area contributed by atoms with Crippen LogP contribution in [0.1, 0.15) is 23.4 Å². The third kappa shape index (κ3) is 5.24. The van der Waals surface area contributed by atoms with Gasteiger partial charge in [-0.15, -0.1) is 24.0 Å². The normalized spacial score (nSPS) is 12.9. The summed E-state index contributed by atoms with van der Waals surface area (Å²) in [5.74, 6) is 2.95. The zero-order valence-electron chi connectivity index (χ0n) is 17.6. The smallest absolute Gasteiger partial charge is 0.190 e. The van der Waals surface area contributed by atoms with E-state index in [9.17, 15) is 0 Å². The summed E-state index contributed by atoms with van der Waals surface area (Å²) in [6.45, 7) is 5.53. The molecule has 0 saturated heterocycles. The summed E-state index contributed by atoms with van der Waals surface area (Å²) in [5.41, 5.74) is 4.92. The fourth-order valence-corrected chi connectivity index (χ4v) is 3.86. The highest BCUT2D eigenvalue weighted by molar-refractivity contribution is 14.0. The molecule has 1 aliphatic heterocycles. The molecular formula is C23H30IN5O. The molecule has 0 saturated carbocycles. The molecule has 0 spiro atoms. The highest BCUT2D eigenvalue weighted by atomic mass is 127. The van der Waals surface area contributed by atoms with Crippen molar-refractivity contribution < 1.29 is 4.74 Å². The zero-order chi connectivity index (χ0) is 20.1. The number of nitrogens with zero attached hydrogens (tertiary/aromatic N) is 3. The Hall–Kier alpha value is -2.29. The van der Waals surface area contributed by atoms with Gasteiger partial charge in [0.1, 0.15) is 11.6 Å². The standard InChI is InChI=1S/C23H29N5O.HI/c1-17-27-20-6-3-4-7-21(20)28(17)14-5-12-25-23(24-2)26-13-10-18-8-9-22-19(16-18)11-15-29-22;/h3-4,6-9,16H,5,10-15H2,1-2H3,(H2,24,25,26);1H. The number of fused-ring (bicyclic) bond motifs is 2. The van der Waals surface area contributed by atoms with E-state index in [1.165, 1.54) is 16.6 Å². The maximum absolute atomic E-state index is 5.58. The van der Waals surface area contributed by atoms with Crippen LogP contribution in [0.4, 0.5) is 0 Å². The van der Waals surface area contributed by atoms with E-state index in [1.54, 1.807) is 0 Å². The summed E-state index contributed by atoms with van der Waals surface area (Å²) in [5, 5.41) is 6.82. The number of rotatable bonds is 7. The van der Waals surface area contributed by atoms with Crippen LogP contribution in [0.5, 0.6) is 5.75 Å². The lowest BCUT2D eigenvalue weighted by Gasteiger charge is -2.13. The largest absolute Gasteiger partial charge is 0.493 e. The number of halogens is 1. The van der Waals surface area contributed by atoms with Gasteiger partial charge in [0.05, 0.1) is 17.6 Å². The molecule has 0 atom stereocenters. The van der Waals surface area contributed by atoms with Crippen molar-refractivity contribution in [3.63, 3.8) is 0 Å². The first-order valence-corrected chi connectivity index (χ1v) is 10.4. The summed E-state index contributed by atoms with van der Waals surface area (Å²) in [6.07, 6.45) is 2.99. The summed E-state index contributed by atoms with van der Waals surface area (Å²) in [4.78, 5) is 8.97. The molecule has 30 heavy (non-hydrogen) atoms. The van der Waals surface area contributed by atoms with Gasteiger partial charge in [0.2, 0.25) is 0 Å². The fourth-order valence-electron chi connectivity index (χ4n) is 3.86. The second-order valence-corrected chi connectivity index (χ2v) is 7.37. The number of aryl methyl sites for hydroxylation is 2. The average molecular weight is 519 g/mol. The van der Waals surface area contributed by atoms with Crippen molar-refractivity contribution in [1.29, 1.82) is 0 Å². The van der Waals surface area contributed by atoms with Crippen LogP contribution in [0.3, 0.4) is 0 Å². The highest BCUT2D eigenvalue weighted by Crippen LogP contribution is 2.25. The van der Waals surface area contributed by atoms with Crippen LogP contribution < -0.4 is 15.4 Å². The van der Waals surface area contributed by atoms with Gasteiger partial charge in [0, 0.05) is 33.1 Å². The van der Waals surface area contributed by atoms with Gasteiger partial charge in [-0.25, -0.2) is 4.98 Å². The van der Waals surface area contributed by atoms with E-state index in [-0.39, 0.29) is 24.0 Å². The predicted molar refractivity (Wildman–Crippen MR) is 133 cm³/mol. The van der Waals surface area contributed by atoms with Crippen molar-refractivity contribution >= 4 is 41.0 Å². The summed E-state index contributed by atoms with van der Waals surface area (Å²) in [6, 6.07) is 14.8. The molecule has 1 aromatic heterocycles. The minimum absolute atomic E-state index is 0. The molecule has 0 amide bonds. The number of benzene rings is 2. The molecule has 0 aliphatic carbocycles. The molecule has 0 radical (unpaired) electrons. The van der Waals surface area contributed by atoms with E-state index in [2.05, 4.69) is 68.5 Å². The van der Waals surface area contributed by atoms with Crippen LogP contribution in [-0.4, -0.2) is 42.3 Å². The van der Waals surface area contributed by atoms with Crippen molar-refractivity contribution in [1.82, 2.24) is 20.2 Å². The lowest BCUT2D eigenvalue weighted by Crippen LogP contribution is -2.39. The van der Waals surface area contributed by atoms with Gasteiger partial charge in [0.25, 0.3) is 0 Å². The Morgan fingerprint density at radius 3 is 2.87 bits per heavy atom. The van der Waals surface area contributed by atoms with Crippen LogP contribution in [0.15, 0.2) is 47.5 Å². The second kappa shape index (κ2) is 10.7. The van der Waals surface area contributed by atoms with Crippen molar-refractivity contribution in [2.45, 2.75) is 32.7 Å². The van der Waals surface area contributed by atoms with Crippen molar-refractivity contribution in [3.05, 3.63) is 59.4 Å². The third-order valence-corrected chi connectivity index (χ3v) is 5.38. The molecule has 6 nitrogen and oxygen atoms in total. The predicted octanol–water partition coefficient (Wildman–Crippen LogP) is 3.70. The molecule has 0 fully saturated rings. The van der Waals surface area contributed by atoms with E-state index in [1.807, 2.05) is 13.1 Å². The monoisotopic (exact) mass is 519 g/mol. The quantitative estimate of drug-likeness (QED) is 0.216. The molecule has 4 rings (SSSR count). The lowest BCUT2D eigenvalue weighted by atomic mass is 10.1. The molecule has 1 aliphatic rings. The number of imidazole rings is 1. The van der Waals surface area contributed by atoms with Gasteiger partial charge in [-0.2, -0.15) is 0 Å². The maximum atomic E-state index is 5.58.